The number of carbonyl (C=O) groups excluding carboxylic acids is 1. The van der Waals surface area contributed by atoms with E-state index in [1.165, 1.54) is 128 Å². The van der Waals surface area contributed by atoms with Crippen molar-refractivity contribution >= 4 is 11.9 Å². The molecule has 0 saturated heterocycles. The highest BCUT2D eigenvalue weighted by atomic mass is 16.5. The minimum absolute atomic E-state index is 0.0134. The van der Waals surface area contributed by atoms with Crippen molar-refractivity contribution in [2.75, 3.05) is 0 Å². The Morgan fingerprint density at radius 1 is 0.462 bits per heavy atom. The number of esters is 1. The number of carboxylic acid groups (broad SMARTS) is 1. The first kappa shape index (κ1) is 37.9. The van der Waals surface area contributed by atoms with Crippen molar-refractivity contribution in [1.82, 2.24) is 0 Å². The predicted molar refractivity (Wildman–Crippen MR) is 167 cm³/mol. The zero-order valence-corrected chi connectivity index (χ0v) is 26.5. The van der Waals surface area contributed by atoms with Crippen LogP contribution in [0.25, 0.3) is 0 Å². The maximum absolute atomic E-state index is 12.4. The summed E-state index contributed by atoms with van der Waals surface area (Å²) in [6, 6.07) is 0. The second kappa shape index (κ2) is 31.5. The van der Waals surface area contributed by atoms with Crippen LogP contribution in [0, 0.1) is 0 Å². The van der Waals surface area contributed by atoms with Gasteiger partial charge in [-0.3, -0.25) is 9.59 Å². The third-order valence-corrected chi connectivity index (χ3v) is 8.08. The highest BCUT2D eigenvalue weighted by Crippen LogP contribution is 2.18. The number of hydrogen-bond acceptors (Lipinski definition) is 3. The highest BCUT2D eigenvalue weighted by Gasteiger charge is 2.14. The second-order valence-corrected chi connectivity index (χ2v) is 12.1. The fraction of sp³-hybridized carbons (Fsp3) is 0.943. The van der Waals surface area contributed by atoms with Crippen LogP contribution in [0.4, 0.5) is 0 Å². The van der Waals surface area contributed by atoms with E-state index in [4.69, 9.17) is 9.84 Å². The molecule has 0 radical (unpaired) electrons. The molecule has 1 unspecified atom stereocenters. The molecule has 4 heteroatoms. The summed E-state index contributed by atoms with van der Waals surface area (Å²) in [5, 5.41) is 8.79. The van der Waals surface area contributed by atoms with Crippen LogP contribution in [0.3, 0.4) is 0 Å². The van der Waals surface area contributed by atoms with Crippen LogP contribution in [0.1, 0.15) is 206 Å². The quantitative estimate of drug-likeness (QED) is 0.0665. The number of hydrogen-bond donors (Lipinski definition) is 1. The maximum Gasteiger partial charge on any atom is 0.306 e. The van der Waals surface area contributed by atoms with Crippen molar-refractivity contribution in [3.63, 3.8) is 0 Å². The summed E-state index contributed by atoms with van der Waals surface area (Å²) in [4.78, 5) is 23.1. The zero-order valence-electron chi connectivity index (χ0n) is 26.5. The van der Waals surface area contributed by atoms with Gasteiger partial charge in [0.25, 0.3) is 0 Å². The van der Waals surface area contributed by atoms with Gasteiger partial charge >= 0.3 is 11.9 Å². The van der Waals surface area contributed by atoms with Gasteiger partial charge in [0, 0.05) is 12.8 Å². The summed E-state index contributed by atoms with van der Waals surface area (Å²) in [7, 11) is 0. The molecule has 0 heterocycles. The summed E-state index contributed by atoms with van der Waals surface area (Å²) in [6.07, 6.45) is 35.7. The summed E-state index contributed by atoms with van der Waals surface area (Å²) in [5.74, 6) is -0.759. The highest BCUT2D eigenvalue weighted by molar-refractivity contribution is 5.69. The Morgan fingerprint density at radius 3 is 1.15 bits per heavy atom. The first-order valence-corrected chi connectivity index (χ1v) is 17.5. The number of ether oxygens (including phenoxy) is 1. The van der Waals surface area contributed by atoms with Crippen LogP contribution in [0.15, 0.2) is 0 Å². The second-order valence-electron chi connectivity index (χ2n) is 12.1. The summed E-state index contributed by atoms with van der Waals surface area (Å²) >= 11 is 0. The third kappa shape index (κ3) is 31.3. The smallest absolute Gasteiger partial charge is 0.306 e. The van der Waals surface area contributed by atoms with E-state index in [1.807, 2.05) is 0 Å². The number of carboxylic acids is 1. The van der Waals surface area contributed by atoms with Gasteiger partial charge in [0.1, 0.15) is 6.10 Å². The minimum atomic E-state index is -0.725. The first-order valence-electron chi connectivity index (χ1n) is 17.5. The SMILES string of the molecule is CCCCCCCCCCCCCCCCCCCCCC(=O)OC(CCCCCC)CCCCCC(=O)O. The van der Waals surface area contributed by atoms with Crippen molar-refractivity contribution in [2.45, 2.75) is 213 Å². The molecule has 232 valence electrons. The van der Waals surface area contributed by atoms with Crippen LogP contribution in [-0.2, 0) is 14.3 Å². The van der Waals surface area contributed by atoms with Gasteiger partial charge in [-0.1, -0.05) is 155 Å². The molecule has 1 N–H and O–H groups in total. The fourth-order valence-electron chi connectivity index (χ4n) is 5.48. The number of aliphatic carboxylic acids is 1. The standard InChI is InChI=1S/C35H68O4/c1-3-5-7-9-10-11-12-13-14-15-16-17-18-19-20-21-22-23-28-32-35(38)39-33(29-25-8-6-4-2)30-26-24-27-31-34(36)37/h33H,3-32H2,1-2H3,(H,36,37). The van der Waals surface area contributed by atoms with Crippen molar-refractivity contribution in [3.05, 3.63) is 0 Å². The summed E-state index contributed by atoms with van der Waals surface area (Å²) < 4.78 is 5.84. The van der Waals surface area contributed by atoms with Gasteiger partial charge in [-0.15, -0.1) is 0 Å². The van der Waals surface area contributed by atoms with Gasteiger partial charge in [0.2, 0.25) is 0 Å². The average molecular weight is 553 g/mol. The minimum Gasteiger partial charge on any atom is -0.481 e. The van der Waals surface area contributed by atoms with Crippen LogP contribution in [0.2, 0.25) is 0 Å². The Hall–Kier alpha value is -1.06. The van der Waals surface area contributed by atoms with E-state index in [0.29, 0.717) is 12.8 Å². The van der Waals surface area contributed by atoms with Crippen LogP contribution < -0.4 is 0 Å². The van der Waals surface area contributed by atoms with Gasteiger partial charge in [-0.05, 0) is 38.5 Å². The van der Waals surface area contributed by atoms with Crippen LogP contribution >= 0.6 is 0 Å². The van der Waals surface area contributed by atoms with Gasteiger partial charge in [-0.25, -0.2) is 0 Å². The lowest BCUT2D eigenvalue weighted by Gasteiger charge is -2.18. The molecule has 0 fully saturated rings. The number of rotatable bonds is 32. The summed E-state index contributed by atoms with van der Waals surface area (Å²) in [6.45, 7) is 4.49. The van der Waals surface area contributed by atoms with E-state index in [1.54, 1.807) is 0 Å². The molecule has 0 aliphatic heterocycles. The molecule has 0 amide bonds. The monoisotopic (exact) mass is 553 g/mol. The molecule has 4 nitrogen and oxygen atoms in total. The fourth-order valence-corrected chi connectivity index (χ4v) is 5.48. The van der Waals surface area contributed by atoms with E-state index < -0.39 is 5.97 Å². The lowest BCUT2D eigenvalue weighted by Crippen LogP contribution is -2.18. The van der Waals surface area contributed by atoms with Gasteiger partial charge in [0.15, 0.2) is 0 Å². The maximum atomic E-state index is 12.4. The molecule has 0 aliphatic rings. The van der Waals surface area contributed by atoms with Crippen LogP contribution in [0.5, 0.6) is 0 Å². The van der Waals surface area contributed by atoms with Crippen LogP contribution in [-0.4, -0.2) is 23.1 Å². The molecule has 39 heavy (non-hydrogen) atoms. The molecule has 1 atom stereocenters. The van der Waals surface area contributed by atoms with E-state index in [0.717, 1.165) is 44.9 Å². The first-order chi connectivity index (χ1) is 19.1. The third-order valence-electron chi connectivity index (χ3n) is 8.08. The normalized spacial score (nSPS) is 12.1. The number of carbonyl (C=O) groups is 2. The molecule has 0 bridgehead atoms. The van der Waals surface area contributed by atoms with Crippen molar-refractivity contribution < 1.29 is 19.4 Å². The van der Waals surface area contributed by atoms with E-state index in [9.17, 15) is 9.59 Å². The molecule has 0 spiro atoms. The molecule has 0 aromatic heterocycles. The van der Waals surface area contributed by atoms with E-state index in [-0.39, 0.29) is 18.5 Å². The van der Waals surface area contributed by atoms with Crippen molar-refractivity contribution in [2.24, 2.45) is 0 Å². The van der Waals surface area contributed by atoms with Gasteiger partial charge < -0.3 is 9.84 Å². The van der Waals surface area contributed by atoms with Crippen molar-refractivity contribution in [3.8, 4) is 0 Å². The molecular formula is C35H68O4. The average Bonchev–Trinajstić information content (AvgIpc) is 2.91. The Labute approximate surface area is 243 Å². The Kier molecular flexibility index (Phi) is 30.6. The summed E-state index contributed by atoms with van der Waals surface area (Å²) in [5.41, 5.74) is 0. The Bertz CT molecular complexity index is 519. The lowest BCUT2D eigenvalue weighted by molar-refractivity contribution is -0.150. The van der Waals surface area contributed by atoms with Crippen molar-refractivity contribution in [1.29, 1.82) is 0 Å². The van der Waals surface area contributed by atoms with E-state index >= 15 is 0 Å². The topological polar surface area (TPSA) is 63.6 Å². The lowest BCUT2D eigenvalue weighted by atomic mass is 10.0. The molecule has 0 aliphatic carbocycles. The molecule has 0 saturated carbocycles. The van der Waals surface area contributed by atoms with E-state index in [2.05, 4.69) is 13.8 Å². The molecule has 0 aromatic rings. The predicted octanol–water partition coefficient (Wildman–Crippen LogP) is 11.7. The Morgan fingerprint density at radius 2 is 0.769 bits per heavy atom. The van der Waals surface area contributed by atoms with Gasteiger partial charge in [0.05, 0.1) is 0 Å². The molecule has 0 rings (SSSR count). The molecular weight excluding hydrogens is 484 g/mol. The largest absolute Gasteiger partial charge is 0.481 e. The molecule has 0 aromatic carbocycles. The Balaban J connectivity index is 3.60. The van der Waals surface area contributed by atoms with Gasteiger partial charge in [-0.2, -0.15) is 0 Å². The zero-order chi connectivity index (χ0) is 28.7. The number of unbranched alkanes of at least 4 members (excludes halogenated alkanes) is 23.